The zero-order valence-corrected chi connectivity index (χ0v) is 16.5. The summed E-state index contributed by atoms with van der Waals surface area (Å²) < 4.78 is 0. The van der Waals surface area contributed by atoms with Crippen molar-refractivity contribution in [1.82, 2.24) is 9.90 Å². The molecule has 0 fully saturated rings. The smallest absolute Gasteiger partial charge is 0.427 e. The van der Waals surface area contributed by atoms with E-state index in [4.69, 9.17) is 5.73 Å². The van der Waals surface area contributed by atoms with Gasteiger partial charge in [-0.15, -0.1) is 0 Å². The molecule has 150 valence electrons. The maximum atomic E-state index is 13.0. The van der Waals surface area contributed by atoms with Crippen LogP contribution in [0.5, 0.6) is 0 Å². The molecule has 3 N–H and O–H groups in total. The number of amides is 1. The fourth-order valence-corrected chi connectivity index (χ4v) is 3.75. The fraction of sp³-hybridized carbons (Fsp3) is 0.182. The number of ketones is 1. The van der Waals surface area contributed by atoms with Gasteiger partial charge in [-0.3, -0.25) is 14.6 Å². The van der Waals surface area contributed by atoms with Gasteiger partial charge in [0.2, 0.25) is 5.91 Å². The number of pyridine rings is 1. The van der Waals surface area contributed by atoms with Crippen LogP contribution in [-0.2, 0) is 16.0 Å². The second-order valence-electron chi connectivity index (χ2n) is 7.36. The summed E-state index contributed by atoms with van der Waals surface area (Å²) in [6.07, 6.45) is 5.31. The minimum Gasteiger partial charge on any atom is -0.427 e. The summed E-state index contributed by atoms with van der Waals surface area (Å²) in [6, 6.07) is 13.1. The van der Waals surface area contributed by atoms with Crippen LogP contribution in [0.1, 0.15) is 29.5 Å². The van der Waals surface area contributed by atoms with E-state index in [1.807, 2.05) is 24.3 Å². The first-order chi connectivity index (χ1) is 14.5. The number of nitrogens with two attached hydrogens (primary N) is 1. The Morgan fingerprint density at radius 1 is 1.17 bits per heavy atom. The third-order valence-electron chi connectivity index (χ3n) is 5.37. The molecule has 0 aliphatic carbocycles. The van der Waals surface area contributed by atoms with Crippen molar-refractivity contribution in [2.75, 3.05) is 6.54 Å². The Morgan fingerprint density at radius 3 is 2.77 bits per heavy atom. The van der Waals surface area contributed by atoms with Gasteiger partial charge in [-0.25, -0.2) is 4.92 Å². The normalized spacial score (nSPS) is 14.0. The van der Waals surface area contributed by atoms with Crippen LogP contribution in [-0.4, -0.2) is 46.4 Å². The highest BCUT2D eigenvalue weighted by Gasteiger charge is 2.32. The summed E-state index contributed by atoms with van der Waals surface area (Å²) in [6.45, 7) is 1.51. The van der Waals surface area contributed by atoms with E-state index in [9.17, 15) is 14.6 Å². The maximum Gasteiger partial charge on any atom is 0.474 e. The van der Waals surface area contributed by atoms with Gasteiger partial charge in [-0.1, -0.05) is 30.3 Å². The van der Waals surface area contributed by atoms with E-state index in [0.29, 0.717) is 11.0 Å². The largest absolute Gasteiger partial charge is 0.474 e. The van der Waals surface area contributed by atoms with Gasteiger partial charge in [0.25, 0.3) is 0 Å². The SMILES string of the molecule is CC(=O)N1N=Cc2cc(C(CN)C(=O)Cc3ccc4cnccc4c3)ccc2B1O. The molecule has 0 radical (unpaired) electrons. The highest BCUT2D eigenvalue weighted by atomic mass is 16.2. The number of aromatic nitrogens is 1. The Labute approximate surface area is 174 Å². The minimum atomic E-state index is -1.14. The standard InChI is InChI=1S/C22H21BN4O3/c1-14(28)27-23(30)21-5-4-17(10-19(21)13-26-27)20(11-24)22(29)9-15-2-3-18-12-25-7-6-16(18)8-15/h2-8,10,12-13,20,30H,9,11,24H2,1H3. The van der Waals surface area contributed by atoms with Crippen molar-refractivity contribution in [3.8, 4) is 0 Å². The average molecular weight is 400 g/mol. The number of hydrogen-bond donors (Lipinski definition) is 2. The molecule has 1 aliphatic heterocycles. The molecule has 0 spiro atoms. The van der Waals surface area contributed by atoms with Gasteiger partial charge in [-0.2, -0.15) is 5.10 Å². The lowest BCUT2D eigenvalue weighted by Gasteiger charge is -2.25. The predicted octanol–water partition coefficient (Wildman–Crippen LogP) is 0.972. The van der Waals surface area contributed by atoms with Gasteiger partial charge in [0.1, 0.15) is 5.78 Å². The molecule has 4 rings (SSSR count). The van der Waals surface area contributed by atoms with Crippen molar-refractivity contribution in [2.24, 2.45) is 10.8 Å². The zero-order valence-electron chi connectivity index (χ0n) is 16.5. The second-order valence-corrected chi connectivity index (χ2v) is 7.36. The third kappa shape index (κ3) is 3.75. The lowest BCUT2D eigenvalue weighted by molar-refractivity contribution is -0.125. The second kappa shape index (κ2) is 8.18. The van der Waals surface area contributed by atoms with Crippen molar-refractivity contribution < 1.29 is 14.6 Å². The summed E-state index contributed by atoms with van der Waals surface area (Å²) in [7, 11) is -1.14. The Morgan fingerprint density at radius 2 is 2.00 bits per heavy atom. The van der Waals surface area contributed by atoms with E-state index in [1.54, 1.807) is 30.6 Å². The number of nitrogens with zero attached hydrogens (tertiary/aromatic N) is 3. The number of hydrogen-bond acceptors (Lipinski definition) is 6. The first-order valence-electron chi connectivity index (χ1n) is 9.69. The summed E-state index contributed by atoms with van der Waals surface area (Å²) >= 11 is 0. The van der Waals surface area contributed by atoms with Crippen LogP contribution in [0.25, 0.3) is 10.8 Å². The van der Waals surface area contributed by atoms with Gasteiger partial charge in [0.15, 0.2) is 0 Å². The lowest BCUT2D eigenvalue weighted by atomic mass is 9.69. The summed E-state index contributed by atoms with van der Waals surface area (Å²) in [5, 5.41) is 16.4. The zero-order chi connectivity index (χ0) is 21.3. The van der Waals surface area contributed by atoms with Crippen molar-refractivity contribution in [3.05, 3.63) is 71.5 Å². The lowest BCUT2D eigenvalue weighted by Crippen LogP contribution is -2.51. The predicted molar refractivity (Wildman–Crippen MR) is 116 cm³/mol. The number of rotatable bonds is 5. The molecule has 2 aromatic carbocycles. The van der Waals surface area contributed by atoms with Crippen molar-refractivity contribution >= 4 is 41.2 Å². The molecule has 2 heterocycles. The topological polar surface area (TPSA) is 109 Å². The third-order valence-corrected chi connectivity index (χ3v) is 5.37. The molecule has 8 heteroatoms. The Bertz CT molecular complexity index is 1160. The van der Waals surface area contributed by atoms with Crippen LogP contribution in [0.2, 0.25) is 0 Å². The van der Waals surface area contributed by atoms with Gasteiger partial charge in [0, 0.05) is 37.7 Å². The molecule has 0 saturated heterocycles. The van der Waals surface area contributed by atoms with Crippen molar-refractivity contribution in [2.45, 2.75) is 19.3 Å². The highest BCUT2D eigenvalue weighted by molar-refractivity contribution is 6.67. The van der Waals surface area contributed by atoms with Gasteiger partial charge < -0.3 is 10.8 Å². The quantitative estimate of drug-likeness (QED) is 0.621. The van der Waals surface area contributed by atoms with E-state index in [1.165, 1.54) is 13.1 Å². The molecule has 1 atom stereocenters. The monoisotopic (exact) mass is 400 g/mol. The number of carbonyl (C=O) groups excluding carboxylic acids is 2. The summed E-state index contributed by atoms with van der Waals surface area (Å²) in [5.74, 6) is -0.806. The number of Topliss-reactive ketones (excluding diaryl/α,β-unsaturated/α-hetero) is 1. The molecule has 1 aromatic heterocycles. The molecule has 0 bridgehead atoms. The number of hydrazone groups is 1. The number of benzene rings is 2. The molecule has 7 nitrogen and oxygen atoms in total. The molecule has 30 heavy (non-hydrogen) atoms. The van der Waals surface area contributed by atoms with Crippen molar-refractivity contribution in [1.29, 1.82) is 0 Å². The minimum absolute atomic E-state index is 0.0181. The molecular weight excluding hydrogens is 379 g/mol. The Balaban J connectivity index is 1.57. The van der Waals surface area contributed by atoms with Crippen molar-refractivity contribution in [3.63, 3.8) is 0 Å². The van der Waals surface area contributed by atoms with Crippen LogP contribution >= 0.6 is 0 Å². The Kier molecular flexibility index (Phi) is 5.43. The van der Waals surface area contributed by atoms with E-state index >= 15 is 0 Å². The van der Waals surface area contributed by atoms with Gasteiger partial charge in [-0.05, 0) is 39.7 Å². The van der Waals surface area contributed by atoms with E-state index in [0.717, 1.165) is 26.8 Å². The highest BCUT2D eigenvalue weighted by Crippen LogP contribution is 2.22. The molecular formula is C22H21BN4O3. The van der Waals surface area contributed by atoms with Gasteiger partial charge >= 0.3 is 7.05 Å². The molecule has 1 aliphatic rings. The summed E-state index contributed by atoms with van der Waals surface area (Å²) in [4.78, 5) is 29.7. The van der Waals surface area contributed by atoms with Gasteiger partial charge in [0.05, 0.1) is 12.1 Å². The van der Waals surface area contributed by atoms with E-state index in [-0.39, 0.29) is 24.7 Å². The van der Waals surface area contributed by atoms with Crippen LogP contribution in [0.15, 0.2) is 60.0 Å². The number of carbonyl (C=O) groups is 2. The molecule has 1 unspecified atom stereocenters. The summed E-state index contributed by atoms with van der Waals surface area (Å²) in [5.41, 5.74) is 8.87. The van der Waals surface area contributed by atoms with Crippen LogP contribution in [0.3, 0.4) is 0 Å². The maximum absolute atomic E-state index is 13.0. The van der Waals surface area contributed by atoms with E-state index < -0.39 is 13.0 Å². The van der Waals surface area contributed by atoms with Crippen LogP contribution in [0.4, 0.5) is 0 Å². The van der Waals surface area contributed by atoms with Crippen LogP contribution < -0.4 is 11.2 Å². The molecule has 1 amide bonds. The fourth-order valence-electron chi connectivity index (χ4n) is 3.75. The average Bonchev–Trinajstić information content (AvgIpc) is 2.74. The van der Waals surface area contributed by atoms with E-state index in [2.05, 4.69) is 10.1 Å². The molecule has 0 saturated carbocycles. The van der Waals surface area contributed by atoms with Crippen LogP contribution in [0, 0.1) is 0 Å². The number of fused-ring (bicyclic) bond motifs is 2. The first-order valence-corrected chi connectivity index (χ1v) is 9.69. The first kappa shape index (κ1) is 19.9. The Hall–Kier alpha value is -3.36. The molecule has 3 aromatic rings.